The largest absolute Gasteiger partial charge is 0.390 e. The summed E-state index contributed by atoms with van der Waals surface area (Å²) < 4.78 is 5.10. The van der Waals surface area contributed by atoms with E-state index in [1.165, 1.54) is 11.8 Å². The zero-order valence-electron chi connectivity index (χ0n) is 8.52. The predicted molar refractivity (Wildman–Crippen MR) is 62.5 cm³/mol. The molecule has 0 fully saturated rings. The van der Waals surface area contributed by atoms with Crippen LogP contribution in [0.4, 0.5) is 0 Å². The second-order valence-corrected chi connectivity index (χ2v) is 4.42. The van der Waals surface area contributed by atoms with E-state index >= 15 is 0 Å². The fourth-order valence-corrected chi connectivity index (χ4v) is 1.79. The predicted octanol–water partition coefficient (Wildman–Crippen LogP) is 2.22. The van der Waals surface area contributed by atoms with Crippen LogP contribution in [0.5, 0.6) is 0 Å². The highest BCUT2D eigenvalue weighted by molar-refractivity contribution is 7.99. The Balaban J connectivity index is 2.27. The van der Waals surface area contributed by atoms with Crippen LogP contribution < -0.4 is 0 Å². The van der Waals surface area contributed by atoms with Crippen LogP contribution in [0.3, 0.4) is 0 Å². The van der Waals surface area contributed by atoms with Gasteiger partial charge in [0.1, 0.15) is 0 Å². The summed E-state index contributed by atoms with van der Waals surface area (Å²) in [7, 11) is 0. The van der Waals surface area contributed by atoms with Crippen LogP contribution in [-0.4, -0.2) is 35.2 Å². The highest BCUT2D eigenvalue weighted by Gasteiger charge is 2.05. The Morgan fingerprint density at radius 1 is 1.60 bits per heavy atom. The third-order valence-corrected chi connectivity index (χ3v) is 2.95. The Kier molecular flexibility index (Phi) is 6.02. The van der Waals surface area contributed by atoms with E-state index in [0.717, 1.165) is 5.03 Å². The number of thioether (sulfide) groups is 1. The molecule has 5 heteroatoms. The van der Waals surface area contributed by atoms with Crippen LogP contribution in [0.15, 0.2) is 23.4 Å². The minimum atomic E-state index is -0.451. The number of halogens is 1. The molecule has 1 aromatic rings. The number of nitrogens with zero attached hydrogens (tertiary/aromatic N) is 1. The third-order valence-electron chi connectivity index (χ3n) is 1.64. The number of aliphatic hydroxyl groups excluding tert-OH is 1. The van der Waals surface area contributed by atoms with Gasteiger partial charge in [0.25, 0.3) is 0 Å². The van der Waals surface area contributed by atoms with Crippen molar-refractivity contribution in [3.8, 4) is 0 Å². The van der Waals surface area contributed by atoms with E-state index in [9.17, 15) is 5.11 Å². The Morgan fingerprint density at radius 2 is 2.40 bits per heavy atom. The van der Waals surface area contributed by atoms with Crippen molar-refractivity contribution in [2.75, 3.05) is 19.0 Å². The zero-order valence-corrected chi connectivity index (χ0v) is 10.1. The van der Waals surface area contributed by atoms with E-state index in [-0.39, 0.29) is 0 Å². The topological polar surface area (TPSA) is 42.4 Å². The Hall–Kier alpha value is -0.290. The Bertz CT molecular complexity index is 281. The number of rotatable bonds is 6. The summed E-state index contributed by atoms with van der Waals surface area (Å²) in [5, 5.41) is 11.0. The first-order chi connectivity index (χ1) is 7.22. The van der Waals surface area contributed by atoms with Crippen molar-refractivity contribution < 1.29 is 9.84 Å². The number of aliphatic hydroxyl groups is 1. The average Bonchev–Trinajstić information content (AvgIpc) is 2.25. The minimum absolute atomic E-state index is 0.372. The summed E-state index contributed by atoms with van der Waals surface area (Å²) in [5.41, 5.74) is 0. The summed E-state index contributed by atoms with van der Waals surface area (Å²) in [6.45, 7) is 2.90. The van der Waals surface area contributed by atoms with Gasteiger partial charge in [0, 0.05) is 18.6 Å². The maximum atomic E-state index is 9.50. The maximum absolute atomic E-state index is 9.50. The van der Waals surface area contributed by atoms with E-state index in [2.05, 4.69) is 4.98 Å². The first kappa shape index (κ1) is 12.8. The summed E-state index contributed by atoms with van der Waals surface area (Å²) >= 11 is 7.19. The van der Waals surface area contributed by atoms with Crippen LogP contribution in [0.1, 0.15) is 6.92 Å². The highest BCUT2D eigenvalue weighted by atomic mass is 35.5. The van der Waals surface area contributed by atoms with E-state index in [1.807, 2.05) is 13.0 Å². The zero-order chi connectivity index (χ0) is 11.1. The smallest absolute Gasteiger partial charge is 0.0961 e. The van der Waals surface area contributed by atoms with Gasteiger partial charge in [0.05, 0.1) is 22.8 Å². The van der Waals surface area contributed by atoms with Gasteiger partial charge in [0.2, 0.25) is 0 Å². The number of aromatic nitrogens is 1. The van der Waals surface area contributed by atoms with E-state index in [0.29, 0.717) is 24.0 Å². The molecule has 1 atom stereocenters. The van der Waals surface area contributed by atoms with E-state index < -0.39 is 6.10 Å². The van der Waals surface area contributed by atoms with Gasteiger partial charge in [-0.3, -0.25) is 0 Å². The molecular weight excluding hydrogens is 234 g/mol. The summed E-state index contributed by atoms with van der Waals surface area (Å²) in [4.78, 5) is 4.11. The lowest BCUT2D eigenvalue weighted by Crippen LogP contribution is -2.17. The SMILES string of the molecule is CCOCC(O)CSc1ccc(Cl)cn1. The van der Waals surface area contributed by atoms with Gasteiger partial charge in [-0.1, -0.05) is 11.6 Å². The van der Waals surface area contributed by atoms with Gasteiger partial charge < -0.3 is 9.84 Å². The van der Waals surface area contributed by atoms with Gasteiger partial charge in [0.15, 0.2) is 0 Å². The molecule has 0 spiro atoms. The summed E-state index contributed by atoms with van der Waals surface area (Å²) in [5.74, 6) is 0.578. The molecule has 1 unspecified atom stereocenters. The van der Waals surface area contributed by atoms with Crippen LogP contribution >= 0.6 is 23.4 Å². The van der Waals surface area contributed by atoms with Gasteiger partial charge in [-0.2, -0.15) is 0 Å². The molecule has 0 radical (unpaired) electrons. The van der Waals surface area contributed by atoms with Crippen molar-refractivity contribution in [1.29, 1.82) is 0 Å². The lowest BCUT2D eigenvalue weighted by molar-refractivity contribution is 0.0551. The molecule has 1 N–H and O–H groups in total. The normalized spacial score (nSPS) is 12.7. The first-order valence-corrected chi connectivity index (χ1v) is 6.09. The molecule has 1 rings (SSSR count). The van der Waals surface area contributed by atoms with Crippen molar-refractivity contribution >= 4 is 23.4 Å². The summed E-state index contributed by atoms with van der Waals surface area (Å²) in [6, 6.07) is 3.62. The molecule has 0 aromatic carbocycles. The van der Waals surface area contributed by atoms with Crippen molar-refractivity contribution in [1.82, 2.24) is 4.98 Å². The van der Waals surface area contributed by atoms with Gasteiger partial charge >= 0.3 is 0 Å². The van der Waals surface area contributed by atoms with Crippen LogP contribution in [0.25, 0.3) is 0 Å². The van der Waals surface area contributed by atoms with Crippen molar-refractivity contribution in [2.24, 2.45) is 0 Å². The molecule has 1 heterocycles. The molecule has 0 aliphatic carbocycles. The number of pyridine rings is 1. The fourth-order valence-electron chi connectivity index (χ4n) is 0.931. The monoisotopic (exact) mass is 247 g/mol. The number of hydrogen-bond donors (Lipinski definition) is 1. The minimum Gasteiger partial charge on any atom is -0.390 e. The fraction of sp³-hybridized carbons (Fsp3) is 0.500. The lowest BCUT2D eigenvalue weighted by atomic mass is 10.4. The average molecular weight is 248 g/mol. The molecule has 84 valence electrons. The molecule has 15 heavy (non-hydrogen) atoms. The molecule has 0 aliphatic rings. The molecular formula is C10H14ClNO2S. The Morgan fingerprint density at radius 3 is 3.00 bits per heavy atom. The molecule has 0 saturated heterocycles. The number of ether oxygens (including phenoxy) is 1. The molecule has 0 amide bonds. The Labute approximate surface area is 98.8 Å². The quantitative estimate of drug-likeness (QED) is 0.783. The summed E-state index contributed by atoms with van der Waals surface area (Å²) in [6.07, 6.45) is 1.14. The number of hydrogen-bond acceptors (Lipinski definition) is 4. The maximum Gasteiger partial charge on any atom is 0.0961 e. The van der Waals surface area contributed by atoms with Crippen molar-refractivity contribution in [2.45, 2.75) is 18.1 Å². The van der Waals surface area contributed by atoms with Crippen LogP contribution in [-0.2, 0) is 4.74 Å². The third kappa shape index (κ3) is 5.37. The van der Waals surface area contributed by atoms with Crippen LogP contribution in [0, 0.1) is 0 Å². The van der Waals surface area contributed by atoms with E-state index in [4.69, 9.17) is 16.3 Å². The van der Waals surface area contributed by atoms with E-state index in [1.54, 1.807) is 12.3 Å². The van der Waals surface area contributed by atoms with Gasteiger partial charge in [-0.25, -0.2) is 4.98 Å². The molecule has 1 aromatic heterocycles. The van der Waals surface area contributed by atoms with Gasteiger partial charge in [-0.15, -0.1) is 11.8 Å². The first-order valence-electron chi connectivity index (χ1n) is 4.72. The molecule has 0 aliphatic heterocycles. The second kappa shape index (κ2) is 7.06. The molecule has 0 saturated carbocycles. The molecule has 0 bridgehead atoms. The second-order valence-electron chi connectivity index (χ2n) is 2.94. The van der Waals surface area contributed by atoms with Crippen molar-refractivity contribution in [3.63, 3.8) is 0 Å². The van der Waals surface area contributed by atoms with Crippen molar-refractivity contribution in [3.05, 3.63) is 23.4 Å². The standard InChI is InChI=1S/C10H14ClNO2S/c1-2-14-6-9(13)7-15-10-4-3-8(11)5-12-10/h3-5,9,13H,2,6-7H2,1H3. The van der Waals surface area contributed by atoms with Crippen LogP contribution in [0.2, 0.25) is 5.02 Å². The lowest BCUT2D eigenvalue weighted by Gasteiger charge is -2.09. The highest BCUT2D eigenvalue weighted by Crippen LogP contribution is 2.17. The molecule has 3 nitrogen and oxygen atoms in total. The van der Waals surface area contributed by atoms with Gasteiger partial charge in [-0.05, 0) is 19.1 Å².